The second-order valence-corrected chi connectivity index (χ2v) is 5.45. The van der Waals surface area contributed by atoms with Crippen LogP contribution in [0.15, 0.2) is 12.4 Å². The lowest BCUT2D eigenvalue weighted by Gasteiger charge is -2.15. The SMILES string of the molecule is [2H]C([2H])([2H])Nc1nc(Nc2cn(C(C)(C)C#N)nc2C)ncc1C(F)(F)F. The van der Waals surface area contributed by atoms with E-state index in [1.165, 1.54) is 10.9 Å². The number of aryl methyl sites for hydroxylation is 1. The summed E-state index contributed by atoms with van der Waals surface area (Å²) >= 11 is 0. The van der Waals surface area contributed by atoms with Gasteiger partial charge in [-0.2, -0.15) is 28.5 Å². The second-order valence-electron chi connectivity index (χ2n) is 5.45. The average Bonchev–Trinajstić information content (AvgIpc) is 2.86. The third-order valence-corrected chi connectivity index (χ3v) is 3.20. The van der Waals surface area contributed by atoms with Crippen LogP contribution in [0.5, 0.6) is 0 Å². The van der Waals surface area contributed by atoms with Gasteiger partial charge in [0.1, 0.15) is 16.9 Å². The van der Waals surface area contributed by atoms with Crippen LogP contribution in [-0.4, -0.2) is 26.7 Å². The van der Waals surface area contributed by atoms with Crippen molar-refractivity contribution in [2.24, 2.45) is 0 Å². The van der Waals surface area contributed by atoms with E-state index < -0.39 is 30.1 Å². The molecule has 2 aromatic heterocycles. The van der Waals surface area contributed by atoms with Gasteiger partial charge in [-0.1, -0.05) is 0 Å². The maximum Gasteiger partial charge on any atom is 0.421 e. The molecule has 0 aliphatic heterocycles. The highest BCUT2D eigenvalue weighted by atomic mass is 19.4. The third kappa shape index (κ3) is 3.40. The lowest BCUT2D eigenvalue weighted by Crippen LogP contribution is -2.24. The number of hydrogen-bond donors (Lipinski definition) is 2. The number of nitriles is 1. The molecule has 10 heteroatoms. The molecule has 128 valence electrons. The Morgan fingerprint density at radius 1 is 1.38 bits per heavy atom. The molecule has 0 saturated heterocycles. The minimum absolute atomic E-state index is 0.257. The summed E-state index contributed by atoms with van der Waals surface area (Å²) in [5.74, 6) is -1.13. The fraction of sp³-hybridized carbons (Fsp3) is 0.429. The van der Waals surface area contributed by atoms with Crippen molar-refractivity contribution in [3.63, 3.8) is 0 Å². The van der Waals surface area contributed by atoms with Gasteiger partial charge in [-0.05, 0) is 20.8 Å². The number of alkyl halides is 3. The topological polar surface area (TPSA) is 91.5 Å². The quantitative estimate of drug-likeness (QED) is 0.887. The Bertz CT molecular complexity index is 882. The number of nitrogens with zero attached hydrogens (tertiary/aromatic N) is 5. The van der Waals surface area contributed by atoms with Crippen LogP contribution in [0.1, 0.15) is 29.2 Å². The van der Waals surface area contributed by atoms with Crippen molar-refractivity contribution in [1.29, 1.82) is 5.26 Å². The van der Waals surface area contributed by atoms with E-state index in [9.17, 15) is 13.2 Å². The highest BCUT2D eigenvalue weighted by Crippen LogP contribution is 2.34. The zero-order valence-corrected chi connectivity index (χ0v) is 13.0. The monoisotopic (exact) mass is 342 g/mol. The molecule has 2 rings (SSSR count). The van der Waals surface area contributed by atoms with Gasteiger partial charge < -0.3 is 10.6 Å². The lowest BCUT2D eigenvalue weighted by atomic mass is 10.1. The average molecular weight is 342 g/mol. The summed E-state index contributed by atoms with van der Waals surface area (Å²) in [5.41, 5.74) is -1.44. The first-order chi connectivity index (χ1) is 12.2. The Balaban J connectivity index is 2.41. The minimum atomic E-state index is -4.83. The Morgan fingerprint density at radius 2 is 2.08 bits per heavy atom. The molecule has 2 aromatic rings. The third-order valence-electron chi connectivity index (χ3n) is 3.20. The molecule has 2 N–H and O–H groups in total. The van der Waals surface area contributed by atoms with E-state index in [1.54, 1.807) is 26.1 Å². The Kier molecular flexibility index (Phi) is 3.39. The standard InChI is InChI=1S/C14H16F3N7/c1-8-10(6-24(23-8)13(2,3)7-18)21-12-20-5-9(14(15,16)17)11(19-4)22-12/h5-6H,1-4H3,(H2,19,20,21,22)/i4D3. The van der Waals surface area contributed by atoms with E-state index in [-0.39, 0.29) is 5.95 Å². The first kappa shape index (κ1) is 13.6. The molecule has 0 fully saturated rings. The number of aromatic nitrogens is 4. The van der Waals surface area contributed by atoms with Gasteiger partial charge in [-0.15, -0.1) is 0 Å². The first-order valence-corrected chi connectivity index (χ1v) is 6.70. The molecule has 0 radical (unpaired) electrons. The van der Waals surface area contributed by atoms with Crippen molar-refractivity contribution in [2.45, 2.75) is 32.5 Å². The van der Waals surface area contributed by atoms with E-state index in [2.05, 4.69) is 26.5 Å². The van der Waals surface area contributed by atoms with E-state index >= 15 is 0 Å². The Hall–Kier alpha value is -2.83. The maximum absolute atomic E-state index is 13.1. The molecular formula is C14H16F3N7. The van der Waals surface area contributed by atoms with Crippen LogP contribution in [0.4, 0.5) is 30.6 Å². The molecule has 24 heavy (non-hydrogen) atoms. The fourth-order valence-electron chi connectivity index (χ4n) is 1.79. The zero-order chi connectivity index (χ0) is 20.6. The lowest BCUT2D eigenvalue weighted by molar-refractivity contribution is -0.137. The Morgan fingerprint density at radius 3 is 2.67 bits per heavy atom. The first-order valence-electron chi connectivity index (χ1n) is 8.20. The predicted octanol–water partition coefficient (Wildman–Crippen LogP) is 3.04. The van der Waals surface area contributed by atoms with Crippen molar-refractivity contribution in [1.82, 2.24) is 19.7 Å². The van der Waals surface area contributed by atoms with E-state index in [0.717, 1.165) is 0 Å². The van der Waals surface area contributed by atoms with Gasteiger partial charge in [0.05, 0.1) is 23.6 Å². The van der Waals surface area contributed by atoms with Crippen LogP contribution < -0.4 is 10.6 Å². The van der Waals surface area contributed by atoms with E-state index in [0.29, 0.717) is 17.6 Å². The molecule has 0 saturated carbocycles. The number of hydrogen-bond acceptors (Lipinski definition) is 6. The minimum Gasteiger partial charge on any atom is -0.372 e. The number of halogens is 3. The molecular weight excluding hydrogens is 323 g/mol. The van der Waals surface area contributed by atoms with Crippen LogP contribution in [-0.2, 0) is 11.7 Å². The summed E-state index contributed by atoms with van der Waals surface area (Å²) < 4.78 is 61.9. The molecule has 0 aliphatic carbocycles. The summed E-state index contributed by atoms with van der Waals surface area (Å²) in [5, 5.41) is 17.8. The number of rotatable bonds is 4. The molecule has 0 spiro atoms. The second kappa shape index (κ2) is 5.99. The molecule has 0 atom stereocenters. The molecule has 0 unspecified atom stereocenters. The maximum atomic E-state index is 13.1. The molecule has 0 bridgehead atoms. The fourth-order valence-corrected chi connectivity index (χ4v) is 1.79. The van der Waals surface area contributed by atoms with Crippen molar-refractivity contribution < 1.29 is 17.3 Å². The summed E-state index contributed by atoms with van der Waals surface area (Å²) in [6.45, 7) is 2.02. The van der Waals surface area contributed by atoms with Crippen molar-refractivity contribution in [3.05, 3.63) is 23.7 Å². The van der Waals surface area contributed by atoms with Gasteiger partial charge in [-0.3, -0.25) is 4.68 Å². The van der Waals surface area contributed by atoms with Gasteiger partial charge in [0.15, 0.2) is 0 Å². The summed E-state index contributed by atoms with van der Waals surface area (Å²) in [6, 6.07) is 2.06. The largest absolute Gasteiger partial charge is 0.421 e. The highest BCUT2D eigenvalue weighted by Gasteiger charge is 2.35. The van der Waals surface area contributed by atoms with Crippen LogP contribution in [0.3, 0.4) is 0 Å². The van der Waals surface area contributed by atoms with Crippen LogP contribution in [0, 0.1) is 18.3 Å². The van der Waals surface area contributed by atoms with Crippen molar-refractivity contribution >= 4 is 17.5 Å². The number of anilines is 3. The van der Waals surface area contributed by atoms with Crippen LogP contribution in [0.25, 0.3) is 0 Å². The van der Waals surface area contributed by atoms with Crippen molar-refractivity contribution in [3.8, 4) is 6.07 Å². The summed E-state index contributed by atoms with van der Waals surface area (Å²) in [4.78, 5) is 7.23. The van der Waals surface area contributed by atoms with E-state index in [4.69, 9.17) is 9.37 Å². The van der Waals surface area contributed by atoms with Gasteiger partial charge >= 0.3 is 6.18 Å². The van der Waals surface area contributed by atoms with Gasteiger partial charge in [0.25, 0.3) is 0 Å². The predicted molar refractivity (Wildman–Crippen MR) is 81.8 cm³/mol. The summed E-state index contributed by atoms with van der Waals surface area (Å²) in [6.07, 6.45) is -2.86. The van der Waals surface area contributed by atoms with Gasteiger partial charge in [0.2, 0.25) is 5.95 Å². The normalized spacial score (nSPS) is 14.3. The smallest absolute Gasteiger partial charge is 0.372 e. The van der Waals surface area contributed by atoms with Gasteiger partial charge in [0, 0.05) is 17.3 Å². The Labute approximate surface area is 140 Å². The van der Waals surface area contributed by atoms with Crippen LogP contribution >= 0.6 is 0 Å². The molecule has 7 nitrogen and oxygen atoms in total. The molecule has 0 amide bonds. The molecule has 0 aromatic carbocycles. The number of nitrogens with one attached hydrogen (secondary N) is 2. The summed E-state index contributed by atoms with van der Waals surface area (Å²) in [7, 11) is 0. The van der Waals surface area contributed by atoms with Crippen LogP contribution in [0.2, 0.25) is 0 Å². The van der Waals surface area contributed by atoms with Crippen molar-refractivity contribution in [2.75, 3.05) is 17.6 Å². The van der Waals surface area contributed by atoms with Gasteiger partial charge in [-0.25, -0.2) is 4.98 Å². The molecule has 2 heterocycles. The zero-order valence-electron chi connectivity index (χ0n) is 16.0. The molecule has 0 aliphatic rings. The van der Waals surface area contributed by atoms with E-state index in [1.807, 2.05) is 0 Å². The highest BCUT2D eigenvalue weighted by molar-refractivity contribution is 5.58.